The lowest BCUT2D eigenvalue weighted by molar-refractivity contribution is -0.926. The van der Waals surface area contributed by atoms with Crippen LogP contribution in [0.5, 0.6) is 28.9 Å². The summed E-state index contributed by atoms with van der Waals surface area (Å²) in [5.41, 5.74) is 17.5. The number of halogens is 2. The van der Waals surface area contributed by atoms with Gasteiger partial charge in [0.25, 0.3) is 0 Å². The normalized spacial score (nSPS) is 13.8. The van der Waals surface area contributed by atoms with E-state index < -0.39 is 89.0 Å². The van der Waals surface area contributed by atoms with Crippen LogP contribution in [0.3, 0.4) is 0 Å². The van der Waals surface area contributed by atoms with Gasteiger partial charge in [0.1, 0.15) is 89.6 Å². The Labute approximate surface area is 708 Å². The van der Waals surface area contributed by atoms with E-state index in [-0.39, 0.29) is 70.9 Å². The highest BCUT2D eigenvalue weighted by atomic mass is 35.5. The number of alkyl carbamates (subject to hydrolysis) is 1. The van der Waals surface area contributed by atoms with Crippen molar-refractivity contribution in [2.45, 2.75) is 156 Å². The molecule has 6 aromatic carbocycles. The molecule has 31 heteroatoms. The van der Waals surface area contributed by atoms with Crippen LogP contribution in [0.2, 0.25) is 5.02 Å². The fourth-order valence-corrected chi connectivity index (χ4v) is 15.1. The van der Waals surface area contributed by atoms with Crippen LogP contribution in [0.25, 0.3) is 43.2 Å². The van der Waals surface area contributed by atoms with Gasteiger partial charge in [0.05, 0.1) is 62.1 Å². The molecule has 1 aliphatic rings. The zero-order valence-electron chi connectivity index (χ0n) is 70.1. The van der Waals surface area contributed by atoms with Crippen molar-refractivity contribution in [1.82, 2.24) is 45.7 Å². The number of ether oxygens (including phenoxy) is 8. The second-order valence-electron chi connectivity index (χ2n) is 32.1. The first-order valence-corrected chi connectivity index (χ1v) is 41.0. The molecule has 1 aliphatic heterocycles. The minimum atomic E-state index is -1.32. The molecular weight excluding hydrogens is 1580 g/mol. The van der Waals surface area contributed by atoms with Gasteiger partial charge < -0.3 is 80.0 Å². The molecule has 10 rings (SSSR count). The number of hydrogen-bond acceptors (Lipinski definition) is 22. The zero-order chi connectivity index (χ0) is 86.6. The number of carbonyl (C=O) groups is 7. The highest BCUT2D eigenvalue weighted by Crippen LogP contribution is 2.50. The van der Waals surface area contributed by atoms with E-state index in [1.807, 2.05) is 67.6 Å². The van der Waals surface area contributed by atoms with Crippen molar-refractivity contribution in [2.24, 2.45) is 17.4 Å². The number of nitrogens with one attached hydrogen (secondary N) is 4. The number of thiophene rings is 1. The molecule has 0 radical (unpaired) electrons. The number of aromatic nitrogens is 4. The van der Waals surface area contributed by atoms with Crippen LogP contribution in [0, 0.1) is 18.7 Å². The lowest BCUT2D eigenvalue weighted by Crippen LogP contribution is -2.57. The van der Waals surface area contributed by atoms with Crippen LogP contribution >= 0.6 is 22.9 Å². The van der Waals surface area contributed by atoms with Gasteiger partial charge in [-0.05, 0) is 174 Å². The van der Waals surface area contributed by atoms with E-state index in [1.165, 1.54) is 34.7 Å². The molecule has 120 heavy (non-hydrogen) atoms. The maximum Gasteiger partial charge on any atom is 0.408 e. The number of urea groups is 1. The number of rotatable bonds is 37. The Morgan fingerprint density at radius 1 is 0.750 bits per heavy atom. The number of quaternary nitrogens is 1. The number of primary amides is 1. The number of nitrogens with two attached hydrogens (primary N) is 2. The first kappa shape index (κ1) is 90.7. The Kier molecular flexibility index (Phi) is 31.3. The van der Waals surface area contributed by atoms with Gasteiger partial charge in [0.2, 0.25) is 29.7 Å². The summed E-state index contributed by atoms with van der Waals surface area (Å²) in [6, 6.07) is 35.0. The second-order valence-corrected chi connectivity index (χ2v) is 33.5. The van der Waals surface area contributed by atoms with Gasteiger partial charge in [-0.2, -0.15) is 0 Å². The van der Waals surface area contributed by atoms with Crippen molar-refractivity contribution in [2.75, 3.05) is 79.5 Å². The summed E-state index contributed by atoms with van der Waals surface area (Å²) in [6.45, 7) is 20.1. The molecule has 4 atom stereocenters. The number of anilines is 1. The minimum absolute atomic E-state index is 0.0335. The molecule has 0 aliphatic carbocycles. The maximum atomic E-state index is 14.8. The Balaban J connectivity index is 0.864. The molecule has 4 heterocycles. The van der Waals surface area contributed by atoms with Gasteiger partial charge in [-0.1, -0.05) is 92.2 Å². The van der Waals surface area contributed by atoms with Gasteiger partial charge in [-0.15, -0.1) is 11.3 Å². The van der Waals surface area contributed by atoms with Crippen LogP contribution in [0.4, 0.5) is 19.7 Å². The monoisotopic (exact) mass is 1680 g/mol. The topological polar surface area (TPSA) is 352 Å². The van der Waals surface area contributed by atoms with E-state index in [9.17, 15) is 38.0 Å². The lowest BCUT2D eigenvalue weighted by Gasteiger charge is -2.42. The molecule has 638 valence electrons. The smallest absolute Gasteiger partial charge is 0.408 e. The number of likely N-dealkylation sites (N-methyl/N-ethyl adjacent to an activating group) is 2. The largest absolute Gasteiger partial charge is 0.497 e. The predicted molar refractivity (Wildman–Crippen MR) is 457 cm³/mol. The van der Waals surface area contributed by atoms with Gasteiger partial charge in [0.15, 0.2) is 5.82 Å². The molecule has 3 aromatic heterocycles. The molecule has 9 aromatic rings. The van der Waals surface area contributed by atoms with E-state index in [0.717, 1.165) is 18.7 Å². The fourth-order valence-electron chi connectivity index (χ4n) is 13.7. The Hall–Kier alpha value is -11.6. The summed E-state index contributed by atoms with van der Waals surface area (Å²) >= 11 is 8.76. The SMILES string of the molecule is COc1ccc(COC(=O)[C@@H](Cc2ccccc2OCc2ccnc(-c3ccccc3OC)n2)Oc2ncnc3sc(-c4ccc(F)cc4)c(-c4ccc(OCCN5CC[N+](C)(Cc6ccc(NC(=O)[C@H](CCCNC(N)=O)NC(=O)[C@@H](NC(=O)OC(C)(C)C)C(C)C)cc6CN(C)C(=O)[C@@H](N)CCC(=O)OC(C)(C)C)CC5)c(Cl)c4C)c23)cc1. The quantitative estimate of drug-likeness (QED) is 0.00911. The Morgan fingerprint density at radius 3 is 2.15 bits per heavy atom. The standard InChI is InChI=1S/C89H107ClFN13O15S/c1-54(2)77(101-87(111)119-89(7,8)9)81(107)100-68(21-18-39-95-86(93)110)80(106)99-62-31-28-59(60(47-62)49-102(10)84(108)67(92)35-37-73(105)118-88(4,5)6)50-104(11)44-41-103(42-45-104)43-46-114-71-36-34-65(55(3)76(71)90)74-75-82(96-53-97-83(75)120-78(74)57-26-29-61(91)30-27-57)117-72(85(109)116-51-56-24-32-64(112-12)33-25-56)48-58-19-14-16-22-69(58)115-52-63-38-40-94-79(98-63)66-20-15-17-23-70(66)113-13/h14-17,19-20,22-34,36,38,40,47,53-54,67-68,72,77H,18,21,35,37,39,41-46,48-52,92H2,1-13H3,(H5-,93,95,99,100,101,106,107,110,111)/p+1/t67-,68-,72+,77-/m0/s1. The van der Waals surface area contributed by atoms with Crippen molar-refractivity contribution in [3.05, 3.63) is 190 Å². The third-order valence-electron chi connectivity index (χ3n) is 20.1. The molecule has 1 fully saturated rings. The van der Waals surface area contributed by atoms with Crippen LogP contribution in [-0.2, 0) is 70.9 Å². The number of benzene rings is 6. The molecule has 0 bridgehead atoms. The molecule has 0 saturated carbocycles. The zero-order valence-corrected chi connectivity index (χ0v) is 71.7. The average molecular weight is 1690 g/mol. The van der Waals surface area contributed by atoms with Gasteiger partial charge in [-0.3, -0.25) is 24.1 Å². The number of hydrogen-bond donors (Lipinski definition) is 6. The summed E-state index contributed by atoms with van der Waals surface area (Å²) < 4.78 is 63.3. The summed E-state index contributed by atoms with van der Waals surface area (Å²) in [6.07, 6.45) is 1.16. The van der Waals surface area contributed by atoms with E-state index in [1.54, 1.807) is 144 Å². The average Bonchev–Trinajstić information content (AvgIpc) is 1.58. The molecule has 28 nitrogen and oxygen atoms in total. The maximum absolute atomic E-state index is 14.8. The Morgan fingerprint density at radius 2 is 1.46 bits per heavy atom. The molecule has 6 amide bonds. The number of nitrogens with zero attached hydrogens (tertiary/aromatic N) is 7. The number of fused-ring (bicyclic) bond motifs is 1. The predicted octanol–water partition coefficient (Wildman–Crippen LogP) is 13.1. The lowest BCUT2D eigenvalue weighted by atomic mass is 9.96. The van der Waals surface area contributed by atoms with E-state index >= 15 is 0 Å². The van der Waals surface area contributed by atoms with Gasteiger partial charge in [-0.25, -0.2) is 38.7 Å². The summed E-state index contributed by atoms with van der Waals surface area (Å²) in [7, 11) is 6.95. The van der Waals surface area contributed by atoms with E-state index in [0.29, 0.717) is 135 Å². The Bertz CT molecular complexity index is 5070. The number of amides is 6. The number of piperazine rings is 1. The third-order valence-corrected chi connectivity index (χ3v) is 21.7. The minimum Gasteiger partial charge on any atom is -0.497 e. The van der Waals surface area contributed by atoms with Crippen LogP contribution in [0.15, 0.2) is 146 Å². The van der Waals surface area contributed by atoms with Crippen LogP contribution < -0.4 is 56.4 Å². The van der Waals surface area contributed by atoms with E-state index in [4.69, 9.17) is 75.9 Å². The summed E-state index contributed by atoms with van der Waals surface area (Å²) in [5, 5.41) is 11.7. The number of methoxy groups -OCH3 is 2. The second kappa shape index (κ2) is 41.4. The van der Waals surface area contributed by atoms with Crippen molar-refractivity contribution in [3.63, 3.8) is 0 Å². The first-order valence-electron chi connectivity index (χ1n) is 39.8. The molecule has 8 N–H and O–H groups in total. The molecule has 0 spiro atoms. The fraction of sp³-hybridized carbons (Fsp3) is 0.404. The van der Waals surface area contributed by atoms with Crippen LogP contribution in [0.1, 0.15) is 115 Å². The highest BCUT2D eigenvalue weighted by molar-refractivity contribution is 7.22. The molecular formula is C89H108ClFN13O15S+. The first-order chi connectivity index (χ1) is 57.1. The highest BCUT2D eigenvalue weighted by Gasteiger charge is 2.35. The number of carbonyl (C=O) groups excluding carboxylic acids is 7. The van der Waals surface area contributed by atoms with Crippen molar-refractivity contribution in [3.8, 4) is 61.8 Å². The molecule has 1 saturated heterocycles. The van der Waals surface area contributed by atoms with Crippen molar-refractivity contribution >= 4 is 80.6 Å². The van der Waals surface area contributed by atoms with Gasteiger partial charge in [0, 0.05) is 80.5 Å². The van der Waals surface area contributed by atoms with Gasteiger partial charge >= 0.3 is 24.1 Å². The number of esters is 2. The van der Waals surface area contributed by atoms with E-state index in [2.05, 4.69) is 38.2 Å². The number of para-hydroxylation sites is 2. The third kappa shape index (κ3) is 25.5. The van der Waals surface area contributed by atoms with Crippen molar-refractivity contribution in [1.29, 1.82) is 0 Å². The molecule has 0 unspecified atom stereocenters. The summed E-state index contributed by atoms with van der Waals surface area (Å²) in [4.78, 5) is 118. The summed E-state index contributed by atoms with van der Waals surface area (Å²) in [5.74, 6) is -0.950. The van der Waals surface area contributed by atoms with Crippen LogP contribution in [-0.4, -0.2) is 186 Å². The van der Waals surface area contributed by atoms with Crippen molar-refractivity contribution < 1.29 is 80.3 Å².